The average molecular weight is 262 g/mol. The first-order valence-electron chi connectivity index (χ1n) is 6.07. The van der Waals surface area contributed by atoms with Crippen LogP contribution in [-0.2, 0) is 6.42 Å². The molecule has 1 atom stereocenters. The molecule has 0 radical (unpaired) electrons. The summed E-state index contributed by atoms with van der Waals surface area (Å²) in [7, 11) is 0. The van der Waals surface area contributed by atoms with Crippen molar-refractivity contribution in [2.75, 3.05) is 0 Å². The van der Waals surface area contributed by atoms with Crippen LogP contribution in [0.4, 0.5) is 8.78 Å². The zero-order chi connectivity index (χ0) is 13.8. The number of nitrogens with one attached hydrogen (secondary N) is 1. The van der Waals surface area contributed by atoms with Crippen LogP contribution in [0, 0.1) is 18.6 Å². The number of rotatable bonds is 4. The third-order valence-corrected chi connectivity index (χ3v) is 3.21. The summed E-state index contributed by atoms with van der Waals surface area (Å²) >= 11 is 0. The molecule has 2 nitrogen and oxygen atoms in total. The van der Waals surface area contributed by atoms with Crippen molar-refractivity contribution in [3.8, 4) is 0 Å². The van der Waals surface area contributed by atoms with Gasteiger partial charge in [0.1, 0.15) is 11.6 Å². The number of nitrogens with two attached hydrogens (primary N) is 1. The highest BCUT2D eigenvalue weighted by Gasteiger charge is 2.15. The monoisotopic (exact) mass is 262 g/mol. The van der Waals surface area contributed by atoms with E-state index < -0.39 is 0 Å². The van der Waals surface area contributed by atoms with Gasteiger partial charge in [-0.1, -0.05) is 24.3 Å². The number of halogens is 2. The van der Waals surface area contributed by atoms with Gasteiger partial charge in [-0.05, 0) is 42.7 Å². The van der Waals surface area contributed by atoms with Crippen LogP contribution in [0.15, 0.2) is 42.5 Å². The summed E-state index contributed by atoms with van der Waals surface area (Å²) in [6.07, 6.45) is 0.504. The lowest BCUT2D eigenvalue weighted by molar-refractivity contribution is 0.509. The fourth-order valence-electron chi connectivity index (χ4n) is 2.12. The number of benzene rings is 2. The second-order valence-corrected chi connectivity index (χ2v) is 4.52. The lowest BCUT2D eigenvalue weighted by atomic mass is 9.96. The fraction of sp³-hybridized carbons (Fsp3) is 0.200. The predicted octanol–water partition coefficient (Wildman–Crippen LogP) is 3.02. The van der Waals surface area contributed by atoms with Crippen molar-refractivity contribution in [2.45, 2.75) is 19.4 Å². The second-order valence-electron chi connectivity index (χ2n) is 4.52. The SMILES string of the molecule is Cc1cc(F)ccc1CC(NN)c1ccccc1F. The Morgan fingerprint density at radius 1 is 1.16 bits per heavy atom. The number of hydrazine groups is 1. The zero-order valence-electron chi connectivity index (χ0n) is 10.7. The fourth-order valence-corrected chi connectivity index (χ4v) is 2.12. The molecule has 0 aromatic heterocycles. The molecular formula is C15H16F2N2. The molecule has 4 heteroatoms. The lowest BCUT2D eigenvalue weighted by Crippen LogP contribution is -2.30. The largest absolute Gasteiger partial charge is 0.271 e. The van der Waals surface area contributed by atoms with Crippen LogP contribution in [-0.4, -0.2) is 0 Å². The van der Waals surface area contributed by atoms with E-state index in [9.17, 15) is 8.78 Å². The summed E-state index contributed by atoms with van der Waals surface area (Å²) in [6, 6.07) is 10.7. The van der Waals surface area contributed by atoms with Crippen LogP contribution >= 0.6 is 0 Å². The average Bonchev–Trinajstić information content (AvgIpc) is 2.39. The van der Waals surface area contributed by atoms with Gasteiger partial charge in [0.05, 0.1) is 6.04 Å². The molecule has 0 saturated heterocycles. The standard InChI is InChI=1S/C15H16F2N2/c1-10-8-12(16)7-6-11(10)9-15(19-18)13-4-2-3-5-14(13)17/h2-8,15,19H,9,18H2,1H3. The molecule has 2 aromatic carbocycles. The van der Waals surface area contributed by atoms with Crippen LogP contribution in [0.5, 0.6) is 0 Å². The quantitative estimate of drug-likeness (QED) is 0.656. The molecule has 19 heavy (non-hydrogen) atoms. The van der Waals surface area contributed by atoms with Crippen LogP contribution < -0.4 is 11.3 Å². The van der Waals surface area contributed by atoms with E-state index >= 15 is 0 Å². The summed E-state index contributed by atoms with van der Waals surface area (Å²) in [5.41, 5.74) is 4.89. The van der Waals surface area contributed by atoms with Gasteiger partial charge in [0, 0.05) is 5.56 Å². The minimum Gasteiger partial charge on any atom is -0.271 e. The van der Waals surface area contributed by atoms with E-state index in [1.807, 2.05) is 6.92 Å². The first kappa shape index (κ1) is 13.6. The Labute approximate surface area is 111 Å². The van der Waals surface area contributed by atoms with Crippen LogP contribution in [0.3, 0.4) is 0 Å². The molecule has 0 aliphatic heterocycles. The molecule has 0 amide bonds. The van der Waals surface area contributed by atoms with Crippen molar-refractivity contribution in [3.05, 3.63) is 70.8 Å². The maximum atomic E-state index is 13.7. The third kappa shape index (κ3) is 3.16. The van der Waals surface area contributed by atoms with Gasteiger partial charge in [-0.15, -0.1) is 0 Å². The van der Waals surface area contributed by atoms with Crippen molar-refractivity contribution in [1.29, 1.82) is 0 Å². The van der Waals surface area contributed by atoms with E-state index in [1.165, 1.54) is 18.2 Å². The molecule has 3 N–H and O–H groups in total. The maximum Gasteiger partial charge on any atom is 0.128 e. The third-order valence-electron chi connectivity index (χ3n) is 3.21. The highest BCUT2D eigenvalue weighted by atomic mass is 19.1. The number of hydrogen-bond acceptors (Lipinski definition) is 2. The summed E-state index contributed by atoms with van der Waals surface area (Å²) in [4.78, 5) is 0. The minimum absolute atomic E-state index is 0.274. The van der Waals surface area contributed by atoms with Gasteiger partial charge in [-0.2, -0.15) is 0 Å². The highest BCUT2D eigenvalue weighted by molar-refractivity contribution is 5.30. The predicted molar refractivity (Wildman–Crippen MR) is 71.3 cm³/mol. The first-order valence-corrected chi connectivity index (χ1v) is 6.07. The van der Waals surface area contributed by atoms with Crippen molar-refractivity contribution >= 4 is 0 Å². The Balaban J connectivity index is 2.27. The molecule has 0 fully saturated rings. The molecule has 0 spiro atoms. The normalized spacial score (nSPS) is 12.4. The van der Waals surface area contributed by atoms with Gasteiger partial charge in [0.25, 0.3) is 0 Å². The topological polar surface area (TPSA) is 38.0 Å². The molecule has 1 unspecified atom stereocenters. The van der Waals surface area contributed by atoms with Crippen molar-refractivity contribution in [2.24, 2.45) is 5.84 Å². The molecule has 2 rings (SSSR count). The summed E-state index contributed by atoms with van der Waals surface area (Å²) in [6.45, 7) is 1.83. The minimum atomic E-state index is -0.342. The maximum absolute atomic E-state index is 13.7. The van der Waals surface area contributed by atoms with E-state index in [2.05, 4.69) is 5.43 Å². The summed E-state index contributed by atoms with van der Waals surface area (Å²) < 4.78 is 26.8. The Morgan fingerprint density at radius 2 is 1.89 bits per heavy atom. The van der Waals surface area contributed by atoms with E-state index in [0.717, 1.165) is 11.1 Å². The summed E-state index contributed by atoms with van der Waals surface area (Å²) in [5.74, 6) is 4.94. The number of hydrogen-bond donors (Lipinski definition) is 2. The van der Waals surface area contributed by atoms with Gasteiger partial charge >= 0.3 is 0 Å². The van der Waals surface area contributed by atoms with Crippen molar-refractivity contribution in [1.82, 2.24) is 5.43 Å². The Hall–Kier alpha value is -1.78. The molecule has 0 saturated carbocycles. The molecule has 0 aliphatic rings. The summed E-state index contributed by atoms with van der Waals surface area (Å²) in [5, 5.41) is 0. The zero-order valence-corrected chi connectivity index (χ0v) is 10.7. The van der Waals surface area contributed by atoms with Crippen molar-refractivity contribution in [3.63, 3.8) is 0 Å². The van der Waals surface area contributed by atoms with Crippen LogP contribution in [0.1, 0.15) is 22.7 Å². The van der Waals surface area contributed by atoms with Crippen LogP contribution in [0.25, 0.3) is 0 Å². The molecule has 0 aliphatic carbocycles. The van der Waals surface area contributed by atoms with Gasteiger partial charge in [-0.25, -0.2) is 8.78 Å². The Kier molecular flexibility index (Phi) is 4.24. The van der Waals surface area contributed by atoms with Crippen LogP contribution in [0.2, 0.25) is 0 Å². The molecule has 100 valence electrons. The lowest BCUT2D eigenvalue weighted by Gasteiger charge is -2.18. The highest BCUT2D eigenvalue weighted by Crippen LogP contribution is 2.22. The smallest absolute Gasteiger partial charge is 0.128 e. The van der Waals surface area contributed by atoms with E-state index in [-0.39, 0.29) is 17.7 Å². The molecule has 0 heterocycles. The second kappa shape index (κ2) is 5.91. The molecular weight excluding hydrogens is 246 g/mol. The van der Waals surface area contributed by atoms with Gasteiger partial charge in [-0.3, -0.25) is 11.3 Å². The Bertz CT molecular complexity index is 570. The Morgan fingerprint density at radius 3 is 2.53 bits per heavy atom. The van der Waals surface area contributed by atoms with Gasteiger partial charge < -0.3 is 0 Å². The molecule has 0 bridgehead atoms. The molecule has 2 aromatic rings. The van der Waals surface area contributed by atoms with Crippen molar-refractivity contribution < 1.29 is 8.78 Å². The van der Waals surface area contributed by atoms with E-state index in [0.29, 0.717) is 12.0 Å². The van der Waals surface area contributed by atoms with Gasteiger partial charge in [0.2, 0.25) is 0 Å². The van der Waals surface area contributed by atoms with E-state index in [1.54, 1.807) is 24.3 Å². The number of aryl methyl sites for hydroxylation is 1. The first-order chi connectivity index (χ1) is 9.11. The van der Waals surface area contributed by atoms with Gasteiger partial charge in [0.15, 0.2) is 0 Å². The van der Waals surface area contributed by atoms with E-state index in [4.69, 9.17) is 5.84 Å².